The third-order valence-electron chi connectivity index (χ3n) is 2.21. The third kappa shape index (κ3) is 5.80. The van der Waals surface area contributed by atoms with E-state index in [0.717, 1.165) is 0 Å². The summed E-state index contributed by atoms with van der Waals surface area (Å²) in [5, 5.41) is 8.24. The Balaban J connectivity index is 5.35. The maximum atomic E-state index is 13.0. The second-order valence-electron chi connectivity index (χ2n) is 4.17. The lowest BCUT2D eigenvalue weighted by Gasteiger charge is -2.32. The van der Waals surface area contributed by atoms with Crippen molar-refractivity contribution in [1.29, 1.82) is 0 Å². The van der Waals surface area contributed by atoms with Crippen LogP contribution in [0.1, 0.15) is 6.42 Å². The average molecular weight is 420 g/mol. The van der Waals surface area contributed by atoms with Gasteiger partial charge < -0.3 is 14.6 Å². The van der Waals surface area contributed by atoms with Gasteiger partial charge in [0.2, 0.25) is 0 Å². The van der Waals surface area contributed by atoms with Crippen LogP contribution in [-0.2, 0) is 14.2 Å². The fourth-order valence-corrected chi connectivity index (χ4v) is 0.995. The van der Waals surface area contributed by atoms with E-state index in [1.807, 2.05) is 4.74 Å². The van der Waals surface area contributed by atoms with E-state index >= 15 is 0 Å². The molecular formula is C10H8F12O4. The van der Waals surface area contributed by atoms with Gasteiger partial charge in [-0.05, 0) is 6.42 Å². The monoisotopic (exact) mass is 420 g/mol. The Morgan fingerprint density at radius 2 is 1.38 bits per heavy atom. The molecular weight excluding hydrogens is 412 g/mol. The highest BCUT2D eigenvalue weighted by atomic mass is 19.4. The van der Waals surface area contributed by atoms with Crippen LogP contribution < -0.4 is 0 Å². The molecule has 0 fully saturated rings. The molecule has 26 heavy (non-hydrogen) atoms. The topological polar surface area (TPSA) is 47.9 Å². The van der Waals surface area contributed by atoms with E-state index < -0.39 is 62.3 Å². The summed E-state index contributed by atoms with van der Waals surface area (Å²) >= 11 is 0. The summed E-state index contributed by atoms with van der Waals surface area (Å²) in [6.45, 7) is -1.96. The Hall–Kier alpha value is -1.42. The highest BCUT2D eigenvalue weighted by molar-refractivity contribution is 4.91. The minimum atomic E-state index is -7.09. The lowest BCUT2D eigenvalue weighted by molar-refractivity contribution is -0.478. The maximum absolute atomic E-state index is 13.0. The number of halogens is 12. The zero-order chi connectivity index (χ0) is 21.0. The quantitative estimate of drug-likeness (QED) is 0.310. The van der Waals surface area contributed by atoms with Gasteiger partial charge in [0.05, 0.1) is 6.61 Å². The summed E-state index contributed by atoms with van der Waals surface area (Å²) < 4.78 is 159. The minimum absolute atomic E-state index is 0.582. The summed E-state index contributed by atoms with van der Waals surface area (Å²) in [6, 6.07) is -3.68. The van der Waals surface area contributed by atoms with Gasteiger partial charge in [0.1, 0.15) is 0 Å². The van der Waals surface area contributed by atoms with Crippen LogP contribution in [0.15, 0.2) is 12.1 Å². The van der Waals surface area contributed by atoms with E-state index in [1.165, 1.54) is 0 Å². The van der Waals surface area contributed by atoms with E-state index in [-0.39, 0.29) is 0 Å². The van der Waals surface area contributed by atoms with Gasteiger partial charge >= 0.3 is 36.3 Å². The van der Waals surface area contributed by atoms with Gasteiger partial charge in [-0.25, -0.2) is 4.39 Å². The zero-order valence-electron chi connectivity index (χ0n) is 11.9. The first kappa shape index (κ1) is 24.6. The Morgan fingerprint density at radius 3 is 1.81 bits per heavy atom. The van der Waals surface area contributed by atoms with Crippen LogP contribution in [0.3, 0.4) is 0 Å². The Labute approximate surface area is 135 Å². The second kappa shape index (κ2) is 8.51. The summed E-state index contributed by atoms with van der Waals surface area (Å²) in [6.07, 6.45) is -28.0. The molecule has 1 N–H and O–H groups in total. The molecule has 0 saturated carbocycles. The molecule has 0 aliphatic heterocycles. The molecule has 1 atom stereocenters. The predicted octanol–water partition coefficient (Wildman–Crippen LogP) is 4.16. The third-order valence-corrected chi connectivity index (χ3v) is 2.21. The summed E-state index contributed by atoms with van der Waals surface area (Å²) in [4.78, 5) is 0. The highest BCUT2D eigenvalue weighted by Gasteiger charge is 2.77. The van der Waals surface area contributed by atoms with Crippen molar-refractivity contribution in [2.24, 2.45) is 0 Å². The standard InChI is InChI=1S/C10H8F12O4/c11-4(12)5(13)25-9(19,20)8(17,18)10(21,22)26-6(14)7(15,16)24-3-1-2-23/h6,23H,1-3H2. The van der Waals surface area contributed by atoms with E-state index in [1.54, 1.807) is 0 Å². The summed E-state index contributed by atoms with van der Waals surface area (Å²) in [5.41, 5.74) is 0. The first-order valence-electron chi connectivity index (χ1n) is 5.99. The number of hydrogen-bond donors (Lipinski definition) is 1. The Bertz CT molecular complexity index is 490. The highest BCUT2D eigenvalue weighted by Crippen LogP contribution is 2.49. The van der Waals surface area contributed by atoms with E-state index in [4.69, 9.17) is 5.11 Å². The van der Waals surface area contributed by atoms with Crippen molar-refractivity contribution in [3.63, 3.8) is 0 Å². The number of alkyl halides is 9. The van der Waals surface area contributed by atoms with Gasteiger partial charge in [0.15, 0.2) is 0 Å². The van der Waals surface area contributed by atoms with Crippen molar-refractivity contribution in [2.45, 2.75) is 37.0 Å². The zero-order valence-corrected chi connectivity index (χ0v) is 11.9. The first-order valence-corrected chi connectivity index (χ1v) is 5.99. The molecule has 0 aromatic rings. The molecule has 0 heterocycles. The number of rotatable bonds is 11. The van der Waals surface area contributed by atoms with Crippen LogP contribution >= 0.6 is 0 Å². The van der Waals surface area contributed by atoms with Crippen LogP contribution in [-0.4, -0.2) is 48.9 Å². The second-order valence-corrected chi connectivity index (χ2v) is 4.17. The molecule has 0 saturated heterocycles. The van der Waals surface area contributed by atoms with E-state index in [2.05, 4.69) is 9.47 Å². The smallest absolute Gasteiger partial charge is 0.397 e. The molecule has 0 aliphatic carbocycles. The molecule has 0 aromatic carbocycles. The van der Waals surface area contributed by atoms with E-state index in [0.29, 0.717) is 0 Å². The van der Waals surface area contributed by atoms with E-state index in [9.17, 15) is 52.7 Å². The van der Waals surface area contributed by atoms with Gasteiger partial charge in [0.25, 0.3) is 6.36 Å². The molecule has 0 spiro atoms. The van der Waals surface area contributed by atoms with Gasteiger partial charge in [-0.15, -0.1) is 0 Å². The number of aliphatic hydroxyl groups excluding tert-OH is 1. The SMILES string of the molecule is OCCCOC(F)(F)C(F)OC(F)(F)C(F)(F)C(F)(F)OC(F)=C(F)F. The predicted molar refractivity (Wildman–Crippen MR) is 54.9 cm³/mol. The van der Waals surface area contributed by atoms with Crippen LogP contribution in [0.4, 0.5) is 52.7 Å². The summed E-state index contributed by atoms with van der Waals surface area (Å²) in [7, 11) is 0. The molecule has 16 heteroatoms. The van der Waals surface area contributed by atoms with Gasteiger partial charge in [0, 0.05) is 6.61 Å². The van der Waals surface area contributed by atoms with Gasteiger partial charge in [-0.2, -0.15) is 48.3 Å². The minimum Gasteiger partial charge on any atom is -0.397 e. The fraction of sp³-hybridized carbons (Fsp3) is 0.800. The molecule has 0 amide bonds. The summed E-state index contributed by atoms with van der Waals surface area (Å²) in [5.74, 6) is -7.09. The first-order chi connectivity index (χ1) is 11.5. The van der Waals surface area contributed by atoms with Crippen molar-refractivity contribution in [3.8, 4) is 0 Å². The van der Waals surface area contributed by atoms with Crippen LogP contribution in [0.5, 0.6) is 0 Å². The molecule has 1 unspecified atom stereocenters. The van der Waals surface area contributed by atoms with Crippen LogP contribution in [0, 0.1) is 0 Å². The van der Waals surface area contributed by atoms with Crippen molar-refractivity contribution < 1.29 is 72.0 Å². The number of ether oxygens (including phenoxy) is 3. The lowest BCUT2D eigenvalue weighted by atomic mass is 10.3. The molecule has 0 radical (unpaired) electrons. The maximum Gasteiger partial charge on any atom is 0.475 e. The largest absolute Gasteiger partial charge is 0.475 e. The Kier molecular flexibility index (Phi) is 8.05. The fourth-order valence-electron chi connectivity index (χ4n) is 0.995. The lowest BCUT2D eigenvalue weighted by Crippen LogP contribution is -2.58. The van der Waals surface area contributed by atoms with Crippen LogP contribution in [0.25, 0.3) is 0 Å². The number of aliphatic hydroxyl groups is 1. The Morgan fingerprint density at radius 1 is 0.885 bits per heavy atom. The average Bonchev–Trinajstić information content (AvgIpc) is 2.45. The van der Waals surface area contributed by atoms with Crippen molar-refractivity contribution >= 4 is 0 Å². The molecule has 4 nitrogen and oxygen atoms in total. The molecule has 0 bridgehead atoms. The molecule has 0 aromatic heterocycles. The van der Waals surface area contributed by atoms with Gasteiger partial charge in [-0.3, -0.25) is 4.74 Å². The number of hydrogen-bond acceptors (Lipinski definition) is 4. The molecule has 0 aliphatic rings. The van der Waals surface area contributed by atoms with Gasteiger partial charge in [-0.1, -0.05) is 0 Å². The normalized spacial score (nSPS) is 15.0. The molecule has 156 valence electrons. The van der Waals surface area contributed by atoms with Crippen molar-refractivity contribution in [2.75, 3.05) is 13.2 Å². The molecule has 0 rings (SSSR count). The van der Waals surface area contributed by atoms with Crippen molar-refractivity contribution in [1.82, 2.24) is 0 Å². The van der Waals surface area contributed by atoms with Crippen LogP contribution in [0.2, 0.25) is 0 Å². The van der Waals surface area contributed by atoms with Crippen molar-refractivity contribution in [3.05, 3.63) is 12.1 Å².